The van der Waals surface area contributed by atoms with Gasteiger partial charge < -0.3 is 23.9 Å². The zero-order valence-electron chi connectivity index (χ0n) is 16.4. The number of rotatable bonds is 7. The maximum absolute atomic E-state index is 12.3. The summed E-state index contributed by atoms with van der Waals surface area (Å²) in [5.41, 5.74) is 2.45. The number of benzene rings is 2. The highest BCUT2D eigenvalue weighted by Gasteiger charge is 2.18. The second-order valence-corrected chi connectivity index (χ2v) is 6.68. The van der Waals surface area contributed by atoms with E-state index in [9.17, 15) is 4.79 Å². The number of fused-ring (bicyclic) bond motifs is 1. The highest BCUT2D eigenvalue weighted by molar-refractivity contribution is 5.78. The normalized spacial score (nSPS) is 12.1. The van der Waals surface area contributed by atoms with Crippen molar-refractivity contribution < 1.29 is 23.4 Å². The summed E-state index contributed by atoms with van der Waals surface area (Å²) in [5, 5.41) is 2.93. The Bertz CT molecular complexity index is 1030. The summed E-state index contributed by atoms with van der Waals surface area (Å²) < 4.78 is 21.8. The number of carbonyl (C=O) groups is 1. The molecule has 0 aliphatic carbocycles. The maximum atomic E-state index is 12.3. The van der Waals surface area contributed by atoms with Crippen LogP contribution >= 0.6 is 0 Å². The molecule has 7 nitrogen and oxygen atoms in total. The Balaban J connectivity index is 1.36. The molecule has 0 bridgehead atoms. The quantitative estimate of drug-likeness (QED) is 0.662. The van der Waals surface area contributed by atoms with Gasteiger partial charge in [0.2, 0.25) is 18.6 Å². The lowest BCUT2D eigenvalue weighted by Gasteiger charge is -2.08. The van der Waals surface area contributed by atoms with Crippen molar-refractivity contribution in [2.75, 3.05) is 20.4 Å². The van der Waals surface area contributed by atoms with Crippen LogP contribution in [0, 0.1) is 6.92 Å². The Morgan fingerprint density at radius 2 is 2.00 bits per heavy atom. The van der Waals surface area contributed by atoms with Gasteiger partial charge in [-0.15, -0.1) is 0 Å². The number of aryl methyl sites for hydroxylation is 1. The summed E-state index contributed by atoms with van der Waals surface area (Å²) in [7, 11) is 1.64. The van der Waals surface area contributed by atoms with Crippen molar-refractivity contribution in [1.82, 2.24) is 10.3 Å². The second-order valence-electron chi connectivity index (χ2n) is 6.68. The largest absolute Gasteiger partial charge is 0.496 e. The number of carbonyl (C=O) groups excluding carboxylic acids is 1. The smallest absolute Gasteiger partial charge is 0.231 e. The molecule has 2 heterocycles. The van der Waals surface area contributed by atoms with Gasteiger partial charge >= 0.3 is 0 Å². The molecule has 0 saturated heterocycles. The Morgan fingerprint density at radius 3 is 2.86 bits per heavy atom. The first-order valence-corrected chi connectivity index (χ1v) is 9.39. The van der Waals surface area contributed by atoms with E-state index in [-0.39, 0.29) is 19.1 Å². The van der Waals surface area contributed by atoms with Crippen LogP contribution in [0.25, 0.3) is 11.5 Å². The number of nitrogens with zero attached hydrogens (tertiary/aromatic N) is 1. The Morgan fingerprint density at radius 1 is 1.17 bits per heavy atom. The molecule has 0 unspecified atom stereocenters. The summed E-state index contributed by atoms with van der Waals surface area (Å²) in [5.74, 6) is 3.16. The molecule has 2 aromatic carbocycles. The Kier molecular flexibility index (Phi) is 5.37. The molecule has 4 rings (SSSR count). The van der Waals surface area contributed by atoms with Gasteiger partial charge in [0.05, 0.1) is 19.2 Å². The summed E-state index contributed by atoms with van der Waals surface area (Å²) in [6.45, 7) is 2.54. The molecule has 0 radical (unpaired) electrons. The highest BCUT2D eigenvalue weighted by Crippen LogP contribution is 2.36. The van der Waals surface area contributed by atoms with Gasteiger partial charge in [0.15, 0.2) is 11.5 Å². The maximum Gasteiger partial charge on any atom is 0.231 e. The molecule has 1 N–H and O–H groups in total. The van der Waals surface area contributed by atoms with Gasteiger partial charge in [0.25, 0.3) is 0 Å². The minimum atomic E-state index is -0.103. The van der Waals surface area contributed by atoms with Crippen molar-refractivity contribution in [3.8, 4) is 28.7 Å². The number of amides is 1. The van der Waals surface area contributed by atoms with E-state index < -0.39 is 0 Å². The number of hydrogen-bond acceptors (Lipinski definition) is 6. The van der Waals surface area contributed by atoms with Crippen LogP contribution in [0.2, 0.25) is 0 Å². The van der Waals surface area contributed by atoms with Crippen LogP contribution in [0.15, 0.2) is 46.9 Å². The lowest BCUT2D eigenvalue weighted by atomic mass is 10.1. The monoisotopic (exact) mass is 394 g/mol. The summed E-state index contributed by atoms with van der Waals surface area (Å²) >= 11 is 0. The number of aromatic nitrogens is 1. The first-order valence-electron chi connectivity index (χ1n) is 9.39. The lowest BCUT2D eigenvalue weighted by molar-refractivity contribution is -0.120. The van der Waals surface area contributed by atoms with E-state index in [0.717, 1.165) is 16.9 Å². The average molecular weight is 394 g/mol. The molecule has 3 aromatic rings. The fraction of sp³-hybridized carbons (Fsp3) is 0.273. The van der Waals surface area contributed by atoms with E-state index in [1.165, 1.54) is 0 Å². The Labute approximate surface area is 168 Å². The first kappa shape index (κ1) is 18.9. The number of hydrogen-bond donors (Lipinski definition) is 1. The van der Waals surface area contributed by atoms with Gasteiger partial charge in [-0.2, -0.15) is 0 Å². The predicted molar refractivity (Wildman–Crippen MR) is 106 cm³/mol. The van der Waals surface area contributed by atoms with Crippen LogP contribution in [-0.4, -0.2) is 31.3 Å². The topological polar surface area (TPSA) is 82.8 Å². The SMILES string of the molecule is COc1ccccc1CCNC(=O)Cc1nc(-c2ccc3c(c2)OCO3)oc1C. The van der Waals surface area contributed by atoms with Gasteiger partial charge in [-0.1, -0.05) is 18.2 Å². The third-order valence-corrected chi connectivity index (χ3v) is 4.75. The van der Waals surface area contributed by atoms with E-state index in [2.05, 4.69) is 10.3 Å². The van der Waals surface area contributed by atoms with E-state index in [4.69, 9.17) is 18.6 Å². The van der Waals surface area contributed by atoms with Crippen molar-refractivity contribution in [2.24, 2.45) is 0 Å². The standard InChI is InChI=1S/C22H22N2O5/c1-14-17(12-21(25)23-10-9-15-5-3-4-6-18(15)26-2)24-22(29-14)16-7-8-19-20(11-16)28-13-27-19/h3-8,11H,9-10,12-13H2,1-2H3,(H,23,25). The number of methoxy groups -OCH3 is 1. The van der Waals surface area contributed by atoms with Gasteiger partial charge in [-0.25, -0.2) is 4.98 Å². The third-order valence-electron chi connectivity index (χ3n) is 4.75. The molecule has 29 heavy (non-hydrogen) atoms. The molecular weight excluding hydrogens is 372 g/mol. The minimum Gasteiger partial charge on any atom is -0.496 e. The van der Waals surface area contributed by atoms with Crippen LogP contribution in [0.4, 0.5) is 0 Å². The van der Waals surface area contributed by atoms with Crippen molar-refractivity contribution in [1.29, 1.82) is 0 Å². The van der Waals surface area contributed by atoms with Crippen molar-refractivity contribution >= 4 is 5.91 Å². The number of nitrogens with one attached hydrogen (secondary N) is 1. The van der Waals surface area contributed by atoms with Crippen LogP contribution in [0.3, 0.4) is 0 Å². The van der Waals surface area contributed by atoms with E-state index >= 15 is 0 Å². The van der Waals surface area contributed by atoms with Crippen molar-refractivity contribution in [2.45, 2.75) is 19.8 Å². The number of oxazole rings is 1. The van der Waals surface area contributed by atoms with Crippen molar-refractivity contribution in [3.63, 3.8) is 0 Å². The fourth-order valence-electron chi connectivity index (χ4n) is 3.21. The second kappa shape index (κ2) is 8.26. The molecule has 7 heteroatoms. The zero-order valence-corrected chi connectivity index (χ0v) is 16.4. The minimum absolute atomic E-state index is 0.103. The van der Waals surface area contributed by atoms with Crippen LogP contribution in [0.5, 0.6) is 17.2 Å². The fourth-order valence-corrected chi connectivity index (χ4v) is 3.21. The highest BCUT2D eigenvalue weighted by atomic mass is 16.7. The van der Waals surface area contributed by atoms with Crippen LogP contribution < -0.4 is 19.5 Å². The Hall–Kier alpha value is -3.48. The lowest BCUT2D eigenvalue weighted by Crippen LogP contribution is -2.27. The molecule has 1 aliphatic heterocycles. The third kappa shape index (κ3) is 4.18. The number of ether oxygens (including phenoxy) is 3. The van der Waals surface area contributed by atoms with E-state index in [0.29, 0.717) is 41.8 Å². The van der Waals surface area contributed by atoms with Gasteiger partial charge in [-0.3, -0.25) is 4.79 Å². The summed E-state index contributed by atoms with van der Waals surface area (Å²) in [6.07, 6.45) is 0.849. The van der Waals surface area contributed by atoms with Gasteiger partial charge in [0, 0.05) is 12.1 Å². The molecular formula is C22H22N2O5. The van der Waals surface area contributed by atoms with Gasteiger partial charge in [-0.05, 0) is 43.2 Å². The molecule has 1 amide bonds. The number of para-hydroxylation sites is 1. The van der Waals surface area contributed by atoms with Crippen molar-refractivity contribution in [3.05, 3.63) is 59.5 Å². The van der Waals surface area contributed by atoms with E-state index in [1.807, 2.05) is 42.5 Å². The summed E-state index contributed by atoms with van der Waals surface area (Å²) in [4.78, 5) is 16.8. The molecule has 0 atom stereocenters. The molecule has 0 saturated carbocycles. The van der Waals surface area contributed by atoms with Crippen LogP contribution in [-0.2, 0) is 17.6 Å². The van der Waals surface area contributed by atoms with Gasteiger partial charge in [0.1, 0.15) is 11.5 Å². The average Bonchev–Trinajstić information content (AvgIpc) is 3.34. The summed E-state index contributed by atoms with van der Waals surface area (Å²) in [6, 6.07) is 13.3. The molecule has 0 fully saturated rings. The van der Waals surface area contributed by atoms with E-state index in [1.54, 1.807) is 14.0 Å². The molecule has 1 aromatic heterocycles. The molecule has 1 aliphatic rings. The zero-order chi connectivity index (χ0) is 20.2. The first-order chi connectivity index (χ1) is 14.1. The predicted octanol–water partition coefficient (Wildman–Crippen LogP) is 3.29. The molecule has 0 spiro atoms. The molecule has 150 valence electrons. The van der Waals surface area contributed by atoms with Crippen LogP contribution in [0.1, 0.15) is 17.0 Å².